The van der Waals surface area contributed by atoms with Crippen molar-refractivity contribution in [3.05, 3.63) is 29.8 Å². The zero-order chi connectivity index (χ0) is 13.1. The lowest BCUT2D eigenvalue weighted by atomic mass is 9.46. The average Bonchev–Trinajstić information content (AvgIpc) is 2.36. The van der Waals surface area contributed by atoms with Crippen molar-refractivity contribution in [2.45, 2.75) is 49.5 Å². The minimum atomic E-state index is -0.371. The zero-order valence-corrected chi connectivity index (χ0v) is 11.6. The molecule has 0 aromatic heterocycles. The highest BCUT2D eigenvalue weighted by atomic mass is 16.5. The summed E-state index contributed by atoms with van der Waals surface area (Å²) in [5.41, 5.74) is 1.29. The van der Waals surface area contributed by atoms with Crippen LogP contribution in [0.5, 0.6) is 5.75 Å². The van der Waals surface area contributed by atoms with E-state index in [9.17, 15) is 5.11 Å². The molecule has 4 aliphatic carbocycles. The Balaban J connectivity index is 1.72. The molecule has 1 aromatic carbocycles. The molecule has 0 saturated heterocycles. The topological polar surface area (TPSA) is 29.5 Å². The summed E-state index contributed by atoms with van der Waals surface area (Å²) in [6, 6.07) is 8.57. The van der Waals surface area contributed by atoms with E-state index < -0.39 is 0 Å². The number of rotatable bonds is 2. The molecular formula is C17H22O2. The van der Waals surface area contributed by atoms with Crippen molar-refractivity contribution in [2.75, 3.05) is 7.11 Å². The van der Waals surface area contributed by atoms with Crippen LogP contribution in [0.25, 0.3) is 0 Å². The van der Waals surface area contributed by atoms with Gasteiger partial charge in [-0.3, -0.25) is 0 Å². The molecule has 4 atom stereocenters. The van der Waals surface area contributed by atoms with Crippen LogP contribution in [0.2, 0.25) is 0 Å². The van der Waals surface area contributed by atoms with Crippen molar-refractivity contribution in [3.63, 3.8) is 0 Å². The molecule has 2 unspecified atom stereocenters. The van der Waals surface area contributed by atoms with Crippen molar-refractivity contribution in [1.29, 1.82) is 0 Å². The lowest BCUT2D eigenvalue weighted by Gasteiger charge is -2.60. The molecule has 5 rings (SSSR count). The second-order valence-corrected chi connectivity index (χ2v) is 7.19. The van der Waals surface area contributed by atoms with Gasteiger partial charge in [0.1, 0.15) is 5.75 Å². The summed E-state index contributed by atoms with van der Waals surface area (Å²) in [6.07, 6.45) is 6.96. The molecule has 0 aliphatic heterocycles. The van der Waals surface area contributed by atoms with Gasteiger partial charge in [0.25, 0.3) is 0 Å². The maximum absolute atomic E-state index is 10.8. The highest BCUT2D eigenvalue weighted by Crippen LogP contribution is 2.62. The first-order valence-corrected chi connectivity index (χ1v) is 7.48. The fraction of sp³-hybridized carbons (Fsp3) is 0.647. The molecule has 0 spiro atoms. The van der Waals surface area contributed by atoms with Crippen LogP contribution in [0.15, 0.2) is 24.3 Å². The van der Waals surface area contributed by atoms with Gasteiger partial charge in [0.2, 0.25) is 0 Å². The van der Waals surface area contributed by atoms with Gasteiger partial charge in [-0.2, -0.15) is 0 Å². The third-order valence-electron chi connectivity index (χ3n) is 5.73. The van der Waals surface area contributed by atoms with Gasteiger partial charge in [-0.1, -0.05) is 12.1 Å². The van der Waals surface area contributed by atoms with Crippen LogP contribution >= 0.6 is 0 Å². The van der Waals surface area contributed by atoms with E-state index in [1.54, 1.807) is 7.11 Å². The zero-order valence-electron chi connectivity index (χ0n) is 11.6. The number of ether oxygens (including phenoxy) is 1. The van der Waals surface area contributed by atoms with Crippen LogP contribution in [0.3, 0.4) is 0 Å². The summed E-state index contributed by atoms with van der Waals surface area (Å²) in [5, 5.41) is 10.8. The molecule has 2 nitrogen and oxygen atoms in total. The van der Waals surface area contributed by atoms with Crippen molar-refractivity contribution < 1.29 is 9.84 Å². The molecule has 0 amide bonds. The van der Waals surface area contributed by atoms with E-state index in [1.807, 2.05) is 0 Å². The summed E-state index contributed by atoms with van der Waals surface area (Å²) in [5.74, 6) is 2.41. The van der Waals surface area contributed by atoms with Gasteiger partial charge >= 0.3 is 0 Å². The van der Waals surface area contributed by atoms with Gasteiger partial charge in [0.15, 0.2) is 0 Å². The molecule has 4 bridgehead atoms. The Kier molecular flexibility index (Phi) is 2.33. The normalized spacial score (nSPS) is 43.5. The molecule has 4 fully saturated rings. The Bertz CT molecular complexity index is 476. The first kappa shape index (κ1) is 11.8. The third-order valence-corrected chi connectivity index (χ3v) is 5.73. The van der Waals surface area contributed by atoms with E-state index in [0.717, 1.165) is 36.8 Å². The Labute approximate surface area is 114 Å². The fourth-order valence-electron chi connectivity index (χ4n) is 5.50. The van der Waals surface area contributed by atoms with E-state index in [1.165, 1.54) is 24.8 Å². The molecule has 1 N–H and O–H groups in total. The molecule has 0 heterocycles. The smallest absolute Gasteiger partial charge is 0.118 e. The summed E-state index contributed by atoms with van der Waals surface area (Å²) in [4.78, 5) is 0. The minimum Gasteiger partial charge on any atom is -0.497 e. The second-order valence-electron chi connectivity index (χ2n) is 7.19. The van der Waals surface area contributed by atoms with E-state index >= 15 is 0 Å². The van der Waals surface area contributed by atoms with Crippen LogP contribution < -0.4 is 4.74 Å². The molecule has 4 saturated carbocycles. The van der Waals surface area contributed by atoms with Crippen LogP contribution in [0.1, 0.15) is 44.1 Å². The molecule has 0 radical (unpaired) electrons. The predicted octanol–water partition coefficient (Wildman–Crippen LogP) is 3.28. The first-order valence-electron chi connectivity index (χ1n) is 7.48. The van der Waals surface area contributed by atoms with Gasteiger partial charge in [-0.15, -0.1) is 0 Å². The van der Waals surface area contributed by atoms with Gasteiger partial charge in [0, 0.05) is 0 Å². The Morgan fingerprint density at radius 3 is 2.21 bits per heavy atom. The number of methoxy groups -OCH3 is 1. The van der Waals surface area contributed by atoms with Gasteiger partial charge in [0.05, 0.1) is 12.7 Å². The fourth-order valence-corrected chi connectivity index (χ4v) is 5.50. The van der Waals surface area contributed by atoms with E-state index in [0.29, 0.717) is 0 Å². The number of benzene rings is 1. The summed E-state index contributed by atoms with van der Waals surface area (Å²) in [7, 11) is 1.71. The standard InChI is InChI=1S/C17H22O2/c1-19-15-4-2-14(3-5-15)16-7-12-6-13(8-16)10-17(18,9-12)11-16/h2-5,12-13,18H,6-11H2,1H3/t12-,13+,16?,17?. The van der Waals surface area contributed by atoms with Crippen LogP contribution in [-0.4, -0.2) is 17.8 Å². The van der Waals surface area contributed by atoms with Crippen LogP contribution in [-0.2, 0) is 5.41 Å². The maximum atomic E-state index is 10.8. The SMILES string of the molecule is COc1ccc(C23C[C@@H]4C[C@@H](CC(O)(C4)C2)C3)cc1. The molecule has 102 valence electrons. The number of aliphatic hydroxyl groups is 1. The minimum absolute atomic E-state index is 0.241. The lowest BCUT2D eigenvalue weighted by molar-refractivity contribution is -0.137. The quantitative estimate of drug-likeness (QED) is 0.882. The maximum Gasteiger partial charge on any atom is 0.118 e. The monoisotopic (exact) mass is 258 g/mol. The molecule has 19 heavy (non-hydrogen) atoms. The molecule has 2 heteroatoms. The van der Waals surface area contributed by atoms with Gasteiger partial charge in [-0.05, 0) is 73.5 Å². The predicted molar refractivity (Wildman–Crippen MR) is 74.3 cm³/mol. The van der Waals surface area contributed by atoms with Crippen molar-refractivity contribution in [2.24, 2.45) is 11.8 Å². The van der Waals surface area contributed by atoms with Crippen molar-refractivity contribution in [3.8, 4) is 5.75 Å². The number of hydrogen-bond acceptors (Lipinski definition) is 2. The highest BCUT2D eigenvalue weighted by Gasteiger charge is 2.57. The molecular weight excluding hydrogens is 236 g/mol. The third kappa shape index (κ3) is 1.73. The largest absolute Gasteiger partial charge is 0.497 e. The average molecular weight is 258 g/mol. The van der Waals surface area contributed by atoms with Gasteiger partial charge in [-0.25, -0.2) is 0 Å². The van der Waals surface area contributed by atoms with Crippen LogP contribution in [0, 0.1) is 11.8 Å². The van der Waals surface area contributed by atoms with E-state index in [-0.39, 0.29) is 11.0 Å². The van der Waals surface area contributed by atoms with Crippen LogP contribution in [0.4, 0.5) is 0 Å². The summed E-state index contributed by atoms with van der Waals surface area (Å²) < 4.78 is 5.26. The Morgan fingerprint density at radius 2 is 1.68 bits per heavy atom. The Morgan fingerprint density at radius 1 is 1.05 bits per heavy atom. The molecule has 4 aliphatic rings. The summed E-state index contributed by atoms with van der Waals surface area (Å²) in [6.45, 7) is 0. The van der Waals surface area contributed by atoms with E-state index in [4.69, 9.17) is 4.74 Å². The Hall–Kier alpha value is -1.02. The van der Waals surface area contributed by atoms with Crippen molar-refractivity contribution >= 4 is 0 Å². The lowest BCUT2D eigenvalue weighted by Crippen LogP contribution is -2.57. The molecule has 1 aromatic rings. The number of hydrogen-bond donors (Lipinski definition) is 1. The second kappa shape index (κ2) is 3.76. The van der Waals surface area contributed by atoms with Crippen molar-refractivity contribution in [1.82, 2.24) is 0 Å². The van der Waals surface area contributed by atoms with E-state index in [2.05, 4.69) is 24.3 Å². The first-order chi connectivity index (χ1) is 9.11. The highest BCUT2D eigenvalue weighted by molar-refractivity contribution is 5.35. The van der Waals surface area contributed by atoms with Gasteiger partial charge < -0.3 is 9.84 Å². The summed E-state index contributed by atoms with van der Waals surface area (Å²) >= 11 is 0.